The summed E-state index contributed by atoms with van der Waals surface area (Å²) in [5, 5.41) is 18.8. The summed E-state index contributed by atoms with van der Waals surface area (Å²) in [7, 11) is 0. The van der Waals surface area contributed by atoms with E-state index in [9.17, 15) is 4.79 Å². The summed E-state index contributed by atoms with van der Waals surface area (Å²) < 4.78 is 0. The lowest BCUT2D eigenvalue weighted by molar-refractivity contribution is -0.141. The van der Waals surface area contributed by atoms with E-state index in [4.69, 9.17) is 5.11 Å². The number of carbonyl (C=O) groups is 1. The Morgan fingerprint density at radius 2 is 1.35 bits per heavy atom. The Labute approximate surface area is 103 Å². The maximum Gasteiger partial charge on any atom is 0.309 e. The largest absolute Gasteiger partial charge is 0.481 e. The molecule has 1 unspecified atom stereocenters. The van der Waals surface area contributed by atoms with Gasteiger partial charge < -0.3 is 21.1 Å². The van der Waals surface area contributed by atoms with E-state index in [0.717, 1.165) is 32.6 Å². The van der Waals surface area contributed by atoms with Crippen LogP contribution in [0.3, 0.4) is 0 Å². The molecule has 0 spiro atoms. The van der Waals surface area contributed by atoms with Crippen LogP contribution in [0.4, 0.5) is 0 Å². The Morgan fingerprint density at radius 3 is 2.00 bits per heavy atom. The van der Waals surface area contributed by atoms with Crippen LogP contribution < -0.4 is 16.0 Å². The first-order valence-corrected chi connectivity index (χ1v) is 6.65. The smallest absolute Gasteiger partial charge is 0.309 e. The number of carboxylic acids is 1. The Hall–Kier alpha value is -0.650. The van der Waals surface area contributed by atoms with E-state index in [-0.39, 0.29) is 5.92 Å². The minimum atomic E-state index is -0.718. The molecule has 1 aliphatic heterocycles. The molecule has 0 aromatic carbocycles. The lowest BCUT2D eigenvalue weighted by Gasteiger charge is -2.15. The maximum atomic E-state index is 11.0. The summed E-state index contributed by atoms with van der Waals surface area (Å²) in [5.74, 6) is -1.04. The van der Waals surface area contributed by atoms with Crippen LogP contribution in [0.5, 0.6) is 0 Å². The molecule has 0 aliphatic carbocycles. The van der Waals surface area contributed by atoms with Crippen molar-refractivity contribution in [2.75, 3.05) is 39.3 Å². The number of hydrogen-bond donors (Lipinski definition) is 4. The third-order valence-electron chi connectivity index (χ3n) is 3.07. The van der Waals surface area contributed by atoms with Crippen LogP contribution in [0.1, 0.15) is 25.7 Å². The van der Waals surface area contributed by atoms with E-state index < -0.39 is 5.97 Å². The van der Waals surface area contributed by atoms with Gasteiger partial charge in [-0.25, -0.2) is 0 Å². The minimum Gasteiger partial charge on any atom is -0.481 e. The quantitative estimate of drug-likeness (QED) is 0.523. The lowest BCUT2D eigenvalue weighted by Crippen LogP contribution is -2.39. The second-order valence-electron chi connectivity index (χ2n) is 4.61. The molecular weight excluding hydrogens is 218 g/mol. The average molecular weight is 243 g/mol. The van der Waals surface area contributed by atoms with Gasteiger partial charge in [-0.1, -0.05) is 12.8 Å². The fraction of sp³-hybridized carbons (Fsp3) is 0.917. The van der Waals surface area contributed by atoms with Crippen molar-refractivity contribution in [3.05, 3.63) is 0 Å². The summed E-state index contributed by atoms with van der Waals surface area (Å²) in [4.78, 5) is 11.0. The first-order valence-electron chi connectivity index (χ1n) is 6.65. The molecule has 4 N–H and O–H groups in total. The first kappa shape index (κ1) is 14.4. The van der Waals surface area contributed by atoms with Crippen LogP contribution in [0.25, 0.3) is 0 Å². The topological polar surface area (TPSA) is 73.4 Å². The number of rotatable bonds is 1. The summed E-state index contributed by atoms with van der Waals surface area (Å²) >= 11 is 0. The van der Waals surface area contributed by atoms with Gasteiger partial charge in [0.05, 0.1) is 5.92 Å². The number of hydrogen-bond acceptors (Lipinski definition) is 4. The van der Waals surface area contributed by atoms with Gasteiger partial charge in [-0.3, -0.25) is 4.79 Å². The highest BCUT2D eigenvalue weighted by Gasteiger charge is 2.15. The van der Waals surface area contributed by atoms with Crippen molar-refractivity contribution in [2.45, 2.75) is 25.7 Å². The van der Waals surface area contributed by atoms with Crippen molar-refractivity contribution in [3.8, 4) is 0 Å². The standard InChI is InChI=1S/C12H25N3O2/c16-12(17)11-9-14-6-4-2-1-3-5-13-7-8-15-10-11/h11,13-15H,1-10H2,(H,16,17). The monoisotopic (exact) mass is 243 g/mol. The highest BCUT2D eigenvalue weighted by molar-refractivity contribution is 5.70. The summed E-state index contributed by atoms with van der Waals surface area (Å²) in [5.41, 5.74) is 0. The first-order chi connectivity index (χ1) is 8.30. The van der Waals surface area contributed by atoms with Crippen LogP contribution in [0.15, 0.2) is 0 Å². The Morgan fingerprint density at radius 1 is 0.824 bits per heavy atom. The molecule has 1 rings (SSSR count). The predicted molar refractivity (Wildman–Crippen MR) is 68.2 cm³/mol. The summed E-state index contributed by atoms with van der Waals surface area (Å²) in [6, 6.07) is 0. The van der Waals surface area contributed by atoms with Gasteiger partial charge in [0.2, 0.25) is 0 Å². The Kier molecular flexibility index (Phi) is 7.96. The summed E-state index contributed by atoms with van der Waals surface area (Å²) in [6.07, 6.45) is 4.85. The van der Waals surface area contributed by atoms with E-state index in [1.54, 1.807) is 0 Å². The number of nitrogens with one attached hydrogen (secondary N) is 3. The average Bonchev–Trinajstić information content (AvgIpc) is 2.31. The van der Waals surface area contributed by atoms with Crippen molar-refractivity contribution in [1.29, 1.82) is 0 Å². The fourth-order valence-corrected chi connectivity index (χ4v) is 1.95. The molecule has 0 radical (unpaired) electrons. The SMILES string of the molecule is O=C(O)C1CNCCCCCCNCCNC1. The molecule has 0 aromatic rings. The van der Waals surface area contributed by atoms with Crippen LogP contribution in [-0.2, 0) is 4.79 Å². The van der Waals surface area contributed by atoms with Crippen molar-refractivity contribution >= 4 is 5.97 Å². The molecule has 1 saturated heterocycles. The maximum absolute atomic E-state index is 11.0. The van der Waals surface area contributed by atoms with E-state index in [0.29, 0.717) is 13.1 Å². The van der Waals surface area contributed by atoms with Crippen molar-refractivity contribution in [2.24, 2.45) is 5.92 Å². The van der Waals surface area contributed by atoms with Gasteiger partial charge >= 0.3 is 5.97 Å². The van der Waals surface area contributed by atoms with Gasteiger partial charge in [-0.15, -0.1) is 0 Å². The number of carboxylic acid groups (broad SMARTS) is 1. The zero-order valence-electron chi connectivity index (χ0n) is 10.5. The zero-order chi connectivity index (χ0) is 12.3. The van der Waals surface area contributed by atoms with Crippen molar-refractivity contribution < 1.29 is 9.90 Å². The molecule has 1 fully saturated rings. The normalized spacial score (nSPS) is 26.0. The Balaban J connectivity index is 2.26. The summed E-state index contributed by atoms with van der Waals surface area (Å²) in [6.45, 7) is 4.86. The molecular formula is C12H25N3O2. The highest BCUT2D eigenvalue weighted by Crippen LogP contribution is 1.99. The fourth-order valence-electron chi connectivity index (χ4n) is 1.95. The van der Waals surface area contributed by atoms with E-state index in [1.807, 2.05) is 0 Å². The van der Waals surface area contributed by atoms with Crippen LogP contribution in [-0.4, -0.2) is 50.3 Å². The highest BCUT2D eigenvalue weighted by atomic mass is 16.4. The molecule has 1 heterocycles. The van der Waals surface area contributed by atoms with Crippen LogP contribution in [0.2, 0.25) is 0 Å². The molecule has 0 amide bonds. The zero-order valence-corrected chi connectivity index (χ0v) is 10.5. The van der Waals surface area contributed by atoms with Gasteiger partial charge in [0, 0.05) is 26.2 Å². The third kappa shape index (κ3) is 7.31. The van der Waals surface area contributed by atoms with Gasteiger partial charge in [-0.2, -0.15) is 0 Å². The molecule has 5 nitrogen and oxygen atoms in total. The van der Waals surface area contributed by atoms with E-state index >= 15 is 0 Å². The van der Waals surface area contributed by atoms with E-state index in [2.05, 4.69) is 16.0 Å². The van der Waals surface area contributed by atoms with Gasteiger partial charge in [0.15, 0.2) is 0 Å². The number of aliphatic carboxylic acids is 1. The molecule has 1 atom stereocenters. The minimum absolute atomic E-state index is 0.321. The molecule has 100 valence electrons. The predicted octanol–water partition coefficient (Wildman–Crippen LogP) is 0.0300. The molecule has 0 saturated carbocycles. The molecule has 5 heteroatoms. The van der Waals surface area contributed by atoms with Gasteiger partial charge in [0.1, 0.15) is 0 Å². The van der Waals surface area contributed by atoms with Gasteiger partial charge in [-0.05, 0) is 25.9 Å². The Bertz CT molecular complexity index is 198. The second-order valence-corrected chi connectivity index (χ2v) is 4.61. The third-order valence-corrected chi connectivity index (χ3v) is 3.07. The molecule has 1 aliphatic rings. The van der Waals surface area contributed by atoms with Crippen LogP contribution >= 0.6 is 0 Å². The van der Waals surface area contributed by atoms with Crippen molar-refractivity contribution in [3.63, 3.8) is 0 Å². The second kappa shape index (κ2) is 9.39. The molecule has 17 heavy (non-hydrogen) atoms. The van der Waals surface area contributed by atoms with E-state index in [1.165, 1.54) is 19.3 Å². The lowest BCUT2D eigenvalue weighted by atomic mass is 10.1. The molecule has 0 bridgehead atoms. The van der Waals surface area contributed by atoms with Crippen molar-refractivity contribution in [1.82, 2.24) is 16.0 Å². The van der Waals surface area contributed by atoms with Crippen LogP contribution in [0, 0.1) is 5.92 Å². The van der Waals surface area contributed by atoms with Gasteiger partial charge in [0.25, 0.3) is 0 Å². The molecule has 0 aromatic heterocycles.